The summed E-state index contributed by atoms with van der Waals surface area (Å²) in [4.78, 5) is 51.6. The van der Waals surface area contributed by atoms with Gasteiger partial charge in [0, 0.05) is 14.1 Å². The van der Waals surface area contributed by atoms with Crippen molar-refractivity contribution in [3.8, 4) is 0 Å². The van der Waals surface area contributed by atoms with Gasteiger partial charge in [0.1, 0.15) is 17.2 Å². The summed E-state index contributed by atoms with van der Waals surface area (Å²) in [5.41, 5.74) is 2.33. The fourth-order valence-electron chi connectivity index (χ4n) is 3.32. The van der Waals surface area contributed by atoms with Gasteiger partial charge in [0.15, 0.2) is 5.65 Å². The number of hydrogen-bond donors (Lipinski definition) is 3. The van der Waals surface area contributed by atoms with Gasteiger partial charge < -0.3 is 15.3 Å². The van der Waals surface area contributed by atoms with Crippen LogP contribution in [0.25, 0.3) is 22.2 Å². The van der Waals surface area contributed by atoms with Gasteiger partial charge in [-0.1, -0.05) is 6.07 Å². The van der Waals surface area contributed by atoms with E-state index in [1.54, 1.807) is 0 Å². The number of imidazole rings is 2. The van der Waals surface area contributed by atoms with E-state index in [0.717, 1.165) is 21.2 Å². The lowest BCUT2D eigenvalue weighted by Crippen LogP contribution is -2.36. The summed E-state index contributed by atoms with van der Waals surface area (Å²) in [6.07, 6.45) is -0.0598. The Bertz CT molecular complexity index is 1370. The highest BCUT2D eigenvalue weighted by Gasteiger charge is 2.18. The Kier molecular flexibility index (Phi) is 4.33. The van der Waals surface area contributed by atoms with Crippen molar-refractivity contribution in [1.82, 2.24) is 34.4 Å². The highest BCUT2D eigenvalue weighted by Crippen LogP contribution is 2.17. The number of carbonyl (C=O) groups excluding carboxylic acids is 1. The number of fused-ring (bicyclic) bond motifs is 2. The van der Waals surface area contributed by atoms with Gasteiger partial charge in [-0.25, -0.2) is 14.8 Å². The summed E-state index contributed by atoms with van der Waals surface area (Å²) in [6.45, 7) is 3.84. The van der Waals surface area contributed by atoms with Crippen LogP contribution in [0.1, 0.15) is 30.2 Å². The minimum atomic E-state index is -0.479. The Morgan fingerprint density at radius 2 is 1.93 bits per heavy atom. The predicted octanol–water partition coefficient (Wildman–Crippen LogP) is 0.565. The molecule has 0 aliphatic heterocycles. The van der Waals surface area contributed by atoms with Gasteiger partial charge in [0.2, 0.25) is 5.91 Å². The van der Waals surface area contributed by atoms with Crippen molar-refractivity contribution < 1.29 is 4.79 Å². The predicted molar refractivity (Wildman–Crippen MR) is 108 cm³/mol. The summed E-state index contributed by atoms with van der Waals surface area (Å²) in [5, 5.41) is 2.87. The lowest BCUT2D eigenvalue weighted by atomic mass is 10.2. The number of aryl methyl sites for hydroxylation is 2. The number of H-pyrrole nitrogens is 2. The van der Waals surface area contributed by atoms with E-state index in [2.05, 4.69) is 25.3 Å². The molecule has 0 aliphatic carbocycles. The molecule has 0 spiro atoms. The van der Waals surface area contributed by atoms with Crippen molar-refractivity contribution in [2.45, 2.75) is 26.3 Å². The maximum absolute atomic E-state index is 12.5. The Morgan fingerprint density at radius 3 is 2.69 bits per heavy atom. The third-order valence-corrected chi connectivity index (χ3v) is 4.92. The molecule has 1 aromatic carbocycles. The van der Waals surface area contributed by atoms with Crippen LogP contribution in [0.2, 0.25) is 0 Å². The molecule has 0 saturated heterocycles. The van der Waals surface area contributed by atoms with Gasteiger partial charge in [-0.05, 0) is 31.5 Å². The molecule has 0 fully saturated rings. The zero-order valence-corrected chi connectivity index (χ0v) is 16.5. The molecule has 4 aromatic rings. The van der Waals surface area contributed by atoms with Crippen molar-refractivity contribution >= 4 is 28.1 Å². The number of rotatable bonds is 4. The number of aromatic amines is 2. The van der Waals surface area contributed by atoms with Gasteiger partial charge in [-0.15, -0.1) is 0 Å². The first-order valence-electron chi connectivity index (χ1n) is 9.15. The molecule has 29 heavy (non-hydrogen) atoms. The molecule has 3 aromatic heterocycles. The molecule has 3 N–H and O–H groups in total. The van der Waals surface area contributed by atoms with Crippen LogP contribution in [0.15, 0.2) is 27.8 Å². The second kappa shape index (κ2) is 6.73. The maximum atomic E-state index is 12.5. The molecule has 0 radical (unpaired) electrons. The summed E-state index contributed by atoms with van der Waals surface area (Å²) >= 11 is 0. The number of nitrogens with one attached hydrogen (secondary N) is 3. The lowest BCUT2D eigenvalue weighted by Gasteiger charge is -2.10. The molecule has 3 heterocycles. The number of aromatic nitrogens is 6. The van der Waals surface area contributed by atoms with E-state index >= 15 is 0 Å². The first-order chi connectivity index (χ1) is 13.7. The van der Waals surface area contributed by atoms with Crippen LogP contribution in [-0.4, -0.2) is 35.0 Å². The molecular formula is C19H21N7O3. The molecular weight excluding hydrogens is 374 g/mol. The number of amides is 1. The summed E-state index contributed by atoms with van der Waals surface area (Å²) in [6, 6.07) is 5.57. The largest absolute Gasteiger partial charge is 0.346 e. The summed E-state index contributed by atoms with van der Waals surface area (Å²) in [7, 11) is 2.92. The van der Waals surface area contributed by atoms with Crippen LogP contribution in [0.5, 0.6) is 0 Å². The van der Waals surface area contributed by atoms with Gasteiger partial charge in [-0.2, -0.15) is 0 Å². The topological polar surface area (TPSA) is 130 Å². The number of hydrogen-bond acceptors (Lipinski definition) is 5. The van der Waals surface area contributed by atoms with Gasteiger partial charge >= 0.3 is 5.69 Å². The second-order valence-electron chi connectivity index (χ2n) is 7.20. The zero-order valence-electron chi connectivity index (χ0n) is 16.5. The van der Waals surface area contributed by atoms with Crippen LogP contribution in [0.3, 0.4) is 0 Å². The molecule has 0 aliphatic rings. The molecule has 0 saturated carbocycles. The zero-order chi connectivity index (χ0) is 20.9. The van der Waals surface area contributed by atoms with Gasteiger partial charge in [-0.3, -0.25) is 18.7 Å². The molecule has 150 valence electrons. The van der Waals surface area contributed by atoms with Crippen molar-refractivity contribution in [2.75, 3.05) is 0 Å². The molecule has 10 heteroatoms. The minimum absolute atomic E-state index is 0.0598. The lowest BCUT2D eigenvalue weighted by molar-refractivity contribution is -0.121. The number of nitrogens with zero attached hydrogens (tertiary/aromatic N) is 4. The second-order valence-corrected chi connectivity index (χ2v) is 7.20. The highest BCUT2D eigenvalue weighted by molar-refractivity contribution is 5.80. The van der Waals surface area contributed by atoms with Crippen LogP contribution >= 0.6 is 0 Å². The third-order valence-electron chi connectivity index (χ3n) is 4.92. The van der Waals surface area contributed by atoms with Crippen molar-refractivity contribution in [2.24, 2.45) is 14.1 Å². The van der Waals surface area contributed by atoms with E-state index in [4.69, 9.17) is 0 Å². The van der Waals surface area contributed by atoms with Gasteiger partial charge in [0.05, 0.1) is 23.5 Å². The van der Waals surface area contributed by atoms with E-state index < -0.39 is 11.2 Å². The van der Waals surface area contributed by atoms with Crippen molar-refractivity contribution in [3.63, 3.8) is 0 Å². The average Bonchev–Trinajstić information content (AvgIpc) is 3.28. The fourth-order valence-corrected chi connectivity index (χ4v) is 3.32. The van der Waals surface area contributed by atoms with Crippen LogP contribution in [0, 0.1) is 6.92 Å². The SMILES string of the molecule is Cc1ccc2nc(C(C)NC(=O)Cc3nc4c([nH]3)c(=O)n(C)c(=O)n4C)[nH]c2c1. The molecule has 1 atom stereocenters. The Hall–Kier alpha value is -3.69. The minimum Gasteiger partial charge on any atom is -0.346 e. The molecule has 10 nitrogen and oxygen atoms in total. The molecule has 1 unspecified atom stereocenters. The van der Waals surface area contributed by atoms with E-state index in [0.29, 0.717) is 11.6 Å². The van der Waals surface area contributed by atoms with Crippen LogP contribution in [-0.2, 0) is 25.3 Å². The summed E-state index contributed by atoms with van der Waals surface area (Å²) in [5.74, 6) is 0.679. The van der Waals surface area contributed by atoms with E-state index in [9.17, 15) is 14.4 Å². The van der Waals surface area contributed by atoms with E-state index in [-0.39, 0.29) is 29.5 Å². The summed E-state index contributed by atoms with van der Waals surface area (Å²) < 4.78 is 2.27. The quantitative estimate of drug-likeness (QED) is 0.465. The first kappa shape index (κ1) is 18.7. The fraction of sp³-hybridized carbons (Fsp3) is 0.316. The van der Waals surface area contributed by atoms with Gasteiger partial charge in [0.25, 0.3) is 5.56 Å². The molecule has 1 amide bonds. The Labute approximate surface area is 164 Å². The van der Waals surface area contributed by atoms with E-state index in [1.165, 1.54) is 18.7 Å². The van der Waals surface area contributed by atoms with Crippen molar-refractivity contribution in [3.05, 3.63) is 56.2 Å². The van der Waals surface area contributed by atoms with E-state index in [1.807, 2.05) is 32.0 Å². The normalized spacial score (nSPS) is 12.6. The number of benzene rings is 1. The maximum Gasteiger partial charge on any atom is 0.332 e. The smallest absolute Gasteiger partial charge is 0.332 e. The number of carbonyl (C=O) groups is 1. The highest BCUT2D eigenvalue weighted by atomic mass is 16.2. The Balaban J connectivity index is 1.54. The Morgan fingerprint density at radius 1 is 1.17 bits per heavy atom. The van der Waals surface area contributed by atoms with Crippen LogP contribution in [0.4, 0.5) is 0 Å². The average molecular weight is 395 g/mol. The molecule has 4 rings (SSSR count). The van der Waals surface area contributed by atoms with Crippen LogP contribution < -0.4 is 16.6 Å². The third kappa shape index (κ3) is 3.22. The van der Waals surface area contributed by atoms with Crippen molar-refractivity contribution in [1.29, 1.82) is 0 Å². The molecule has 0 bridgehead atoms. The monoisotopic (exact) mass is 395 g/mol. The first-order valence-corrected chi connectivity index (χ1v) is 9.15. The standard InChI is InChI=1S/C19H21N7O3/c1-9-5-6-11-12(7-9)22-16(21-11)10(2)20-14(27)8-13-23-15-17(24-13)25(3)19(29)26(4)18(15)28/h5-7,10H,8H2,1-4H3,(H,20,27)(H,21,22)(H,23,24).